The first-order valence-electron chi connectivity index (χ1n) is 5.09. The van der Waals surface area contributed by atoms with Gasteiger partial charge in [-0.15, -0.1) is 0 Å². The number of hydrogen-bond acceptors (Lipinski definition) is 4. The van der Waals surface area contributed by atoms with Crippen LogP contribution in [-0.2, 0) is 9.53 Å². The number of rotatable bonds is 2. The normalized spacial score (nSPS) is 37.1. The summed E-state index contributed by atoms with van der Waals surface area (Å²) in [5, 5.41) is 0.606. The molecule has 2 atom stereocenters. The van der Waals surface area contributed by atoms with Crippen LogP contribution in [0.4, 0.5) is 0 Å². The van der Waals surface area contributed by atoms with E-state index in [1.54, 1.807) is 0 Å². The van der Waals surface area contributed by atoms with Crippen molar-refractivity contribution in [3.63, 3.8) is 0 Å². The summed E-state index contributed by atoms with van der Waals surface area (Å²) in [6.45, 7) is 2.11. The minimum Gasteiger partial charge on any atom is -0.468 e. The van der Waals surface area contributed by atoms with Crippen LogP contribution in [0.3, 0.4) is 0 Å². The number of hydrogen-bond donors (Lipinski definition) is 0. The number of fused-ring (bicyclic) bond motifs is 1. The highest BCUT2D eigenvalue weighted by Crippen LogP contribution is 2.42. The molecule has 0 unspecified atom stereocenters. The predicted molar refractivity (Wildman–Crippen MR) is 57.5 cm³/mol. The van der Waals surface area contributed by atoms with E-state index in [2.05, 4.69) is 11.2 Å². The van der Waals surface area contributed by atoms with Crippen LogP contribution in [0.15, 0.2) is 0 Å². The Morgan fingerprint density at radius 3 is 3.07 bits per heavy atom. The van der Waals surface area contributed by atoms with Crippen molar-refractivity contribution in [3.8, 4) is 0 Å². The third-order valence-electron chi connectivity index (χ3n) is 3.51. The molecule has 2 aliphatic heterocycles. The van der Waals surface area contributed by atoms with E-state index >= 15 is 0 Å². The van der Waals surface area contributed by atoms with Gasteiger partial charge in [0.2, 0.25) is 0 Å². The molecule has 3 nitrogen and oxygen atoms in total. The van der Waals surface area contributed by atoms with Crippen molar-refractivity contribution < 1.29 is 9.53 Å². The zero-order valence-corrected chi connectivity index (χ0v) is 9.60. The molecule has 2 fully saturated rings. The zero-order chi connectivity index (χ0) is 10.2. The average Bonchev–Trinajstić information content (AvgIpc) is 2.72. The lowest BCUT2D eigenvalue weighted by Gasteiger charge is -2.28. The van der Waals surface area contributed by atoms with Crippen LogP contribution >= 0.6 is 11.8 Å². The van der Waals surface area contributed by atoms with Crippen LogP contribution in [0.2, 0.25) is 0 Å². The molecule has 2 rings (SSSR count). The minimum absolute atomic E-state index is 0.0217. The van der Waals surface area contributed by atoms with Gasteiger partial charge in [-0.3, -0.25) is 9.69 Å². The number of carbonyl (C=O) groups is 1. The topological polar surface area (TPSA) is 29.5 Å². The number of thioether (sulfide) groups is 1. The lowest BCUT2D eigenvalue weighted by atomic mass is 9.94. The van der Waals surface area contributed by atoms with Gasteiger partial charge in [-0.2, -0.15) is 11.8 Å². The maximum atomic E-state index is 11.8. The van der Waals surface area contributed by atoms with Crippen LogP contribution in [-0.4, -0.2) is 48.1 Å². The molecule has 0 aromatic heterocycles. The predicted octanol–water partition coefficient (Wildman–Crippen LogP) is 1.13. The molecule has 0 N–H and O–H groups in total. The van der Waals surface area contributed by atoms with Gasteiger partial charge in [0, 0.05) is 11.8 Å². The molecule has 0 radical (unpaired) electrons. The summed E-state index contributed by atoms with van der Waals surface area (Å²) >= 11 is 1.87. The molecule has 0 aromatic rings. The van der Waals surface area contributed by atoms with Crippen LogP contribution in [0.25, 0.3) is 0 Å². The summed E-state index contributed by atoms with van der Waals surface area (Å²) in [6, 6.07) is 0. The van der Waals surface area contributed by atoms with E-state index in [9.17, 15) is 4.79 Å². The number of methoxy groups -OCH3 is 1. The molecule has 0 aromatic carbocycles. The van der Waals surface area contributed by atoms with Gasteiger partial charge in [0.1, 0.15) is 5.54 Å². The van der Waals surface area contributed by atoms with Gasteiger partial charge in [-0.25, -0.2) is 0 Å². The second-order valence-electron chi connectivity index (χ2n) is 4.13. The van der Waals surface area contributed by atoms with E-state index in [1.807, 2.05) is 11.8 Å². The van der Waals surface area contributed by atoms with E-state index in [1.165, 1.54) is 7.11 Å². The van der Waals surface area contributed by atoms with Crippen molar-refractivity contribution in [3.05, 3.63) is 0 Å². The van der Waals surface area contributed by atoms with E-state index in [0.29, 0.717) is 5.25 Å². The molecule has 0 amide bonds. The maximum absolute atomic E-state index is 11.8. The number of esters is 1. The van der Waals surface area contributed by atoms with E-state index in [-0.39, 0.29) is 11.5 Å². The van der Waals surface area contributed by atoms with Gasteiger partial charge in [-0.05, 0) is 32.1 Å². The molecular weight excluding hydrogens is 198 g/mol. The summed E-state index contributed by atoms with van der Waals surface area (Å²) in [5.41, 5.74) is -0.261. The van der Waals surface area contributed by atoms with E-state index in [4.69, 9.17) is 4.74 Å². The second-order valence-corrected chi connectivity index (χ2v) is 5.27. The Balaban J connectivity index is 2.18. The fraction of sp³-hybridized carbons (Fsp3) is 0.900. The van der Waals surface area contributed by atoms with Crippen LogP contribution in [0.1, 0.15) is 19.3 Å². The van der Waals surface area contributed by atoms with Crippen LogP contribution < -0.4 is 0 Å². The monoisotopic (exact) mass is 215 g/mol. The molecule has 2 heterocycles. The highest BCUT2D eigenvalue weighted by Gasteiger charge is 2.54. The highest BCUT2D eigenvalue weighted by molar-refractivity contribution is 7.99. The molecule has 2 saturated heterocycles. The SMILES string of the molecule is COC(=O)[C@@]12CCCN1C[C@@H](SC)C2. The Hall–Kier alpha value is -0.220. The van der Waals surface area contributed by atoms with Gasteiger partial charge in [-0.1, -0.05) is 0 Å². The van der Waals surface area contributed by atoms with Gasteiger partial charge in [0.25, 0.3) is 0 Å². The molecule has 0 spiro atoms. The molecule has 0 aliphatic carbocycles. The van der Waals surface area contributed by atoms with Crippen molar-refractivity contribution in [2.45, 2.75) is 30.1 Å². The molecular formula is C10H17NO2S. The van der Waals surface area contributed by atoms with E-state index < -0.39 is 0 Å². The van der Waals surface area contributed by atoms with Gasteiger partial charge in [0.15, 0.2) is 0 Å². The fourth-order valence-corrected chi connectivity index (χ4v) is 3.55. The Morgan fingerprint density at radius 1 is 1.64 bits per heavy atom. The van der Waals surface area contributed by atoms with Crippen molar-refractivity contribution >= 4 is 17.7 Å². The first kappa shape index (κ1) is 10.3. The lowest BCUT2D eigenvalue weighted by molar-refractivity contribution is -0.151. The van der Waals surface area contributed by atoms with Crippen molar-refractivity contribution in [1.29, 1.82) is 0 Å². The molecule has 2 aliphatic rings. The highest BCUT2D eigenvalue weighted by atomic mass is 32.2. The third-order valence-corrected chi connectivity index (χ3v) is 4.49. The lowest BCUT2D eigenvalue weighted by Crippen LogP contribution is -2.46. The smallest absolute Gasteiger partial charge is 0.326 e. The van der Waals surface area contributed by atoms with Crippen LogP contribution in [0.5, 0.6) is 0 Å². The van der Waals surface area contributed by atoms with Gasteiger partial charge in [0.05, 0.1) is 7.11 Å². The van der Waals surface area contributed by atoms with Gasteiger partial charge < -0.3 is 4.74 Å². The standard InChI is InChI=1S/C10H17NO2S/c1-13-9(12)10-4-3-5-11(10)7-8(6-10)14-2/h8H,3-7H2,1-2H3/t8-,10-/m0/s1. The number of carbonyl (C=O) groups excluding carboxylic acids is 1. The first-order chi connectivity index (χ1) is 6.73. The zero-order valence-electron chi connectivity index (χ0n) is 8.78. The molecule has 0 bridgehead atoms. The Labute approximate surface area is 89.2 Å². The molecule has 14 heavy (non-hydrogen) atoms. The average molecular weight is 215 g/mol. The summed E-state index contributed by atoms with van der Waals surface area (Å²) in [4.78, 5) is 14.1. The number of nitrogens with zero attached hydrogens (tertiary/aromatic N) is 1. The Bertz CT molecular complexity index is 246. The summed E-state index contributed by atoms with van der Waals surface area (Å²) in [5.74, 6) is -0.0217. The number of ether oxygens (including phenoxy) is 1. The quantitative estimate of drug-likeness (QED) is 0.646. The minimum atomic E-state index is -0.261. The van der Waals surface area contributed by atoms with Crippen molar-refractivity contribution in [1.82, 2.24) is 4.90 Å². The summed E-state index contributed by atoms with van der Waals surface area (Å²) in [6.07, 6.45) is 5.21. The summed E-state index contributed by atoms with van der Waals surface area (Å²) in [7, 11) is 1.50. The summed E-state index contributed by atoms with van der Waals surface area (Å²) < 4.78 is 4.94. The van der Waals surface area contributed by atoms with E-state index in [0.717, 1.165) is 32.4 Å². The third kappa shape index (κ3) is 1.36. The molecule has 4 heteroatoms. The molecule has 80 valence electrons. The first-order valence-corrected chi connectivity index (χ1v) is 6.38. The van der Waals surface area contributed by atoms with Gasteiger partial charge >= 0.3 is 5.97 Å². The molecule has 0 saturated carbocycles. The largest absolute Gasteiger partial charge is 0.468 e. The Morgan fingerprint density at radius 2 is 2.43 bits per heavy atom. The fourth-order valence-electron chi connectivity index (χ4n) is 2.78. The maximum Gasteiger partial charge on any atom is 0.326 e. The van der Waals surface area contributed by atoms with Crippen LogP contribution in [0, 0.1) is 0 Å². The van der Waals surface area contributed by atoms with Crippen molar-refractivity contribution in [2.75, 3.05) is 26.5 Å². The Kier molecular flexibility index (Phi) is 2.75. The van der Waals surface area contributed by atoms with Crippen molar-refractivity contribution in [2.24, 2.45) is 0 Å². The second kappa shape index (κ2) is 3.74.